The summed E-state index contributed by atoms with van der Waals surface area (Å²) in [4.78, 5) is 0.277. The maximum atomic E-state index is 13.5. The fourth-order valence-electron chi connectivity index (χ4n) is 5.56. The fraction of sp³-hybridized carbons (Fsp3) is 0.500. The molecule has 200 valence electrons. The van der Waals surface area contributed by atoms with Crippen LogP contribution in [0.5, 0.6) is 0 Å². The molecule has 0 aliphatic carbocycles. The standard InChI is InChI=1S/C26H34N4O5S2/c1-28-24-12-10-20(36(32,33)29-14-6-2-3-7-15-29)18-22(24)26(27-31)23-19-21(11-13-25(23)28)37(34,35)30-16-8-4-5-9-17-30/h10-13,18-19,31H,2-9,14-17H2,1H3. The number of hydrogen-bond acceptors (Lipinski definition) is 6. The number of aryl methyl sites for hydroxylation is 1. The SMILES string of the molecule is Cn1c2ccc(S(=O)(=O)N3CCCCCC3)cc2c(=NO)c2cc(S(=O)(=O)N3CCCCCC3)ccc21. The van der Waals surface area contributed by atoms with Gasteiger partial charge in [0.1, 0.15) is 5.36 Å². The van der Waals surface area contributed by atoms with Gasteiger partial charge in [-0.15, -0.1) is 0 Å². The van der Waals surface area contributed by atoms with E-state index in [0.717, 1.165) is 51.4 Å². The maximum absolute atomic E-state index is 13.5. The van der Waals surface area contributed by atoms with Crippen LogP contribution in [0.4, 0.5) is 0 Å². The summed E-state index contributed by atoms with van der Waals surface area (Å²) in [6.45, 7) is 1.95. The molecule has 1 aromatic heterocycles. The van der Waals surface area contributed by atoms with Crippen molar-refractivity contribution in [2.45, 2.75) is 61.2 Å². The van der Waals surface area contributed by atoms with E-state index in [-0.39, 0.29) is 15.1 Å². The Morgan fingerprint density at radius 1 is 0.649 bits per heavy atom. The number of hydrogen-bond donors (Lipinski definition) is 1. The summed E-state index contributed by atoms with van der Waals surface area (Å²) < 4.78 is 58.8. The van der Waals surface area contributed by atoms with Gasteiger partial charge in [-0.1, -0.05) is 30.8 Å². The molecular weight excluding hydrogens is 512 g/mol. The Morgan fingerprint density at radius 2 is 1.03 bits per heavy atom. The molecule has 9 nitrogen and oxygen atoms in total. The molecule has 3 heterocycles. The van der Waals surface area contributed by atoms with Crippen molar-refractivity contribution in [2.75, 3.05) is 26.2 Å². The van der Waals surface area contributed by atoms with Gasteiger partial charge in [-0.2, -0.15) is 8.61 Å². The number of fused-ring (bicyclic) bond motifs is 2. The largest absolute Gasteiger partial charge is 0.410 e. The van der Waals surface area contributed by atoms with Crippen molar-refractivity contribution in [3.63, 3.8) is 0 Å². The van der Waals surface area contributed by atoms with Crippen LogP contribution in [0, 0.1) is 0 Å². The van der Waals surface area contributed by atoms with Crippen LogP contribution in [0.1, 0.15) is 51.4 Å². The summed E-state index contributed by atoms with van der Waals surface area (Å²) in [6.07, 6.45) is 7.39. The second-order valence-corrected chi connectivity index (χ2v) is 13.9. The minimum absolute atomic E-state index is 0.138. The summed E-state index contributed by atoms with van der Waals surface area (Å²) in [6, 6.07) is 9.70. The molecule has 1 N–H and O–H groups in total. The van der Waals surface area contributed by atoms with Crippen molar-refractivity contribution in [2.24, 2.45) is 12.2 Å². The van der Waals surface area contributed by atoms with Crippen LogP contribution in [0.3, 0.4) is 0 Å². The number of nitrogens with zero attached hydrogens (tertiary/aromatic N) is 4. The van der Waals surface area contributed by atoms with Crippen molar-refractivity contribution in [3.8, 4) is 0 Å². The average Bonchev–Trinajstić information content (AvgIpc) is 3.35. The van der Waals surface area contributed by atoms with Gasteiger partial charge in [0.25, 0.3) is 0 Å². The quantitative estimate of drug-likeness (QED) is 0.304. The lowest BCUT2D eigenvalue weighted by molar-refractivity contribution is 0.303. The lowest BCUT2D eigenvalue weighted by atomic mass is 10.1. The van der Waals surface area contributed by atoms with E-state index in [0.29, 0.717) is 48.0 Å². The Kier molecular flexibility index (Phi) is 7.32. The van der Waals surface area contributed by atoms with Gasteiger partial charge in [0, 0.05) is 44.0 Å². The average molecular weight is 547 g/mol. The summed E-state index contributed by atoms with van der Waals surface area (Å²) in [5, 5.41) is 14.7. The van der Waals surface area contributed by atoms with Crippen LogP contribution >= 0.6 is 0 Å². The van der Waals surface area contributed by atoms with Gasteiger partial charge in [-0.05, 0) is 62.1 Å². The Hall–Kier alpha value is -2.47. The molecule has 2 fully saturated rings. The van der Waals surface area contributed by atoms with Gasteiger partial charge in [0.15, 0.2) is 0 Å². The first-order valence-corrected chi connectivity index (χ1v) is 15.9. The molecule has 5 rings (SSSR count). The zero-order valence-electron chi connectivity index (χ0n) is 21.1. The molecule has 37 heavy (non-hydrogen) atoms. The van der Waals surface area contributed by atoms with Crippen molar-refractivity contribution in [3.05, 3.63) is 41.8 Å². The van der Waals surface area contributed by atoms with Gasteiger partial charge >= 0.3 is 0 Å². The highest BCUT2D eigenvalue weighted by molar-refractivity contribution is 7.89. The number of pyridine rings is 1. The second kappa shape index (κ2) is 10.4. The normalized spacial score (nSPS) is 19.1. The third-order valence-corrected chi connectivity index (χ3v) is 11.5. The van der Waals surface area contributed by atoms with E-state index in [9.17, 15) is 22.0 Å². The molecule has 2 saturated heterocycles. The molecule has 0 radical (unpaired) electrons. The van der Waals surface area contributed by atoms with E-state index in [1.807, 2.05) is 11.6 Å². The first-order chi connectivity index (χ1) is 17.7. The Morgan fingerprint density at radius 3 is 1.38 bits per heavy atom. The van der Waals surface area contributed by atoms with Crippen LogP contribution < -0.4 is 5.36 Å². The highest BCUT2D eigenvalue weighted by atomic mass is 32.2. The smallest absolute Gasteiger partial charge is 0.243 e. The van der Waals surface area contributed by atoms with Crippen molar-refractivity contribution >= 4 is 41.9 Å². The number of rotatable bonds is 4. The molecule has 2 aliphatic heterocycles. The third-order valence-electron chi connectivity index (χ3n) is 7.67. The summed E-state index contributed by atoms with van der Waals surface area (Å²) in [7, 11) is -5.61. The van der Waals surface area contributed by atoms with Crippen LogP contribution in [0.25, 0.3) is 21.8 Å². The summed E-state index contributed by atoms with van der Waals surface area (Å²) in [5.74, 6) is 0. The molecule has 0 unspecified atom stereocenters. The van der Waals surface area contributed by atoms with Crippen LogP contribution in [-0.4, -0.2) is 61.4 Å². The van der Waals surface area contributed by atoms with Crippen molar-refractivity contribution in [1.82, 2.24) is 13.2 Å². The molecule has 3 aromatic rings. The van der Waals surface area contributed by atoms with E-state index in [1.54, 1.807) is 36.4 Å². The van der Waals surface area contributed by atoms with Crippen LogP contribution in [-0.2, 0) is 27.1 Å². The second-order valence-electron chi connectivity index (χ2n) is 10.0. The van der Waals surface area contributed by atoms with E-state index in [4.69, 9.17) is 0 Å². The molecule has 0 bridgehead atoms. The van der Waals surface area contributed by atoms with E-state index in [2.05, 4.69) is 5.16 Å². The summed E-state index contributed by atoms with van der Waals surface area (Å²) in [5.41, 5.74) is 1.36. The Balaban J connectivity index is 1.67. The molecule has 2 aromatic carbocycles. The minimum atomic E-state index is -3.72. The third kappa shape index (κ3) is 4.78. The van der Waals surface area contributed by atoms with E-state index >= 15 is 0 Å². The lowest BCUT2D eigenvalue weighted by Crippen LogP contribution is -2.32. The molecule has 0 atom stereocenters. The molecule has 11 heteroatoms. The Labute approximate surface area is 218 Å². The van der Waals surface area contributed by atoms with Gasteiger partial charge in [-0.3, -0.25) is 0 Å². The number of aromatic nitrogens is 1. The first-order valence-electron chi connectivity index (χ1n) is 13.0. The molecule has 0 saturated carbocycles. The summed E-state index contributed by atoms with van der Waals surface area (Å²) >= 11 is 0. The predicted octanol–water partition coefficient (Wildman–Crippen LogP) is 3.75. The van der Waals surface area contributed by atoms with Crippen LogP contribution in [0.2, 0.25) is 0 Å². The molecule has 2 aliphatic rings. The van der Waals surface area contributed by atoms with Gasteiger partial charge in [0.2, 0.25) is 20.0 Å². The van der Waals surface area contributed by atoms with Gasteiger partial charge < -0.3 is 9.77 Å². The molecule has 0 amide bonds. The van der Waals surface area contributed by atoms with Crippen LogP contribution in [0.15, 0.2) is 51.3 Å². The first kappa shape index (κ1) is 26.1. The maximum Gasteiger partial charge on any atom is 0.243 e. The zero-order valence-corrected chi connectivity index (χ0v) is 22.8. The molecular formula is C26H34N4O5S2. The van der Waals surface area contributed by atoms with Gasteiger partial charge in [-0.25, -0.2) is 16.8 Å². The monoisotopic (exact) mass is 546 g/mol. The number of sulfonamides is 2. The fourth-order valence-corrected chi connectivity index (χ4v) is 8.65. The zero-order chi connectivity index (χ0) is 26.2. The molecule has 0 spiro atoms. The highest BCUT2D eigenvalue weighted by Gasteiger charge is 2.28. The van der Waals surface area contributed by atoms with E-state index in [1.165, 1.54) is 8.61 Å². The minimum Gasteiger partial charge on any atom is -0.410 e. The van der Waals surface area contributed by atoms with Crippen molar-refractivity contribution in [1.29, 1.82) is 0 Å². The highest BCUT2D eigenvalue weighted by Crippen LogP contribution is 2.27. The topological polar surface area (TPSA) is 112 Å². The van der Waals surface area contributed by atoms with E-state index < -0.39 is 20.0 Å². The Bertz CT molecular complexity index is 1480. The predicted molar refractivity (Wildman–Crippen MR) is 142 cm³/mol. The number of benzene rings is 2. The van der Waals surface area contributed by atoms with Crippen molar-refractivity contribution < 1.29 is 22.0 Å². The van der Waals surface area contributed by atoms with Gasteiger partial charge in [0.05, 0.1) is 20.8 Å². The lowest BCUT2D eigenvalue weighted by Gasteiger charge is -2.21.